The average molecular weight is 346 g/mol. The van der Waals surface area contributed by atoms with Gasteiger partial charge in [0.2, 0.25) is 0 Å². The summed E-state index contributed by atoms with van der Waals surface area (Å²) in [4.78, 5) is 18.2. The Morgan fingerprint density at radius 1 is 1.40 bits per heavy atom. The van der Waals surface area contributed by atoms with Crippen LogP contribution in [0.5, 0.6) is 0 Å². The van der Waals surface area contributed by atoms with E-state index >= 15 is 0 Å². The first-order valence-electron chi connectivity index (χ1n) is 8.77. The van der Waals surface area contributed by atoms with E-state index in [9.17, 15) is 4.79 Å². The molecule has 0 unspecified atom stereocenters. The van der Waals surface area contributed by atoms with Gasteiger partial charge in [-0.3, -0.25) is 0 Å². The molecule has 1 amide bonds. The fourth-order valence-corrected chi connectivity index (χ4v) is 3.22. The SMILES string of the molecule is Cc1nccn1Cc1nnc([C@H]2CCCN(C(=O)OC(C)C)C2)n1C. The smallest absolute Gasteiger partial charge is 0.410 e. The van der Waals surface area contributed by atoms with Gasteiger partial charge in [-0.15, -0.1) is 10.2 Å². The van der Waals surface area contributed by atoms with Gasteiger partial charge in [-0.1, -0.05) is 0 Å². The van der Waals surface area contributed by atoms with Gasteiger partial charge >= 0.3 is 6.09 Å². The number of hydrogen-bond acceptors (Lipinski definition) is 5. The third-order valence-electron chi connectivity index (χ3n) is 4.62. The van der Waals surface area contributed by atoms with Gasteiger partial charge in [-0.2, -0.15) is 0 Å². The Morgan fingerprint density at radius 2 is 2.20 bits per heavy atom. The van der Waals surface area contributed by atoms with E-state index in [1.54, 1.807) is 11.1 Å². The standard InChI is InChI=1S/C17H26N6O2/c1-12(2)25-17(24)23-8-5-6-14(10-23)16-20-19-15(21(16)4)11-22-9-7-18-13(22)3/h7,9,12,14H,5-6,8,10-11H2,1-4H3/t14-/m0/s1. The van der Waals surface area contributed by atoms with Crippen molar-refractivity contribution in [3.8, 4) is 0 Å². The van der Waals surface area contributed by atoms with Crippen LogP contribution in [0.1, 0.15) is 50.1 Å². The van der Waals surface area contributed by atoms with Crippen LogP contribution in [0.2, 0.25) is 0 Å². The molecule has 8 nitrogen and oxygen atoms in total. The number of ether oxygens (including phenoxy) is 1. The lowest BCUT2D eigenvalue weighted by Gasteiger charge is -2.32. The minimum absolute atomic E-state index is 0.104. The van der Waals surface area contributed by atoms with Crippen molar-refractivity contribution in [3.63, 3.8) is 0 Å². The number of carbonyl (C=O) groups excluding carboxylic acids is 1. The predicted octanol–water partition coefficient (Wildman–Crippen LogP) is 2.09. The van der Waals surface area contributed by atoms with E-state index in [1.807, 2.05) is 43.1 Å². The summed E-state index contributed by atoms with van der Waals surface area (Å²) in [5.74, 6) is 2.95. The lowest BCUT2D eigenvalue weighted by molar-refractivity contribution is 0.0675. The van der Waals surface area contributed by atoms with Crippen molar-refractivity contribution in [3.05, 3.63) is 29.9 Å². The van der Waals surface area contributed by atoms with Crippen LogP contribution in [-0.2, 0) is 18.3 Å². The van der Waals surface area contributed by atoms with Crippen molar-refractivity contribution in [2.75, 3.05) is 13.1 Å². The Balaban J connectivity index is 1.71. The molecule has 0 aliphatic carbocycles. The van der Waals surface area contributed by atoms with E-state index in [0.717, 1.165) is 36.9 Å². The maximum Gasteiger partial charge on any atom is 0.410 e. The number of imidazole rings is 1. The van der Waals surface area contributed by atoms with Crippen LogP contribution in [-0.4, -0.2) is 54.5 Å². The van der Waals surface area contributed by atoms with E-state index in [0.29, 0.717) is 13.1 Å². The van der Waals surface area contributed by atoms with Crippen molar-refractivity contribution >= 4 is 6.09 Å². The zero-order valence-electron chi connectivity index (χ0n) is 15.3. The second-order valence-corrected chi connectivity index (χ2v) is 6.85. The summed E-state index contributed by atoms with van der Waals surface area (Å²) in [7, 11) is 1.99. The Morgan fingerprint density at radius 3 is 2.88 bits per heavy atom. The summed E-state index contributed by atoms with van der Waals surface area (Å²) in [6.07, 6.45) is 5.33. The number of hydrogen-bond donors (Lipinski definition) is 0. The van der Waals surface area contributed by atoms with Crippen LogP contribution >= 0.6 is 0 Å². The molecular weight excluding hydrogens is 320 g/mol. The molecule has 1 aliphatic heterocycles. The van der Waals surface area contributed by atoms with E-state index in [-0.39, 0.29) is 18.1 Å². The molecule has 0 spiro atoms. The molecule has 0 radical (unpaired) electrons. The van der Waals surface area contributed by atoms with Crippen molar-refractivity contribution in [1.29, 1.82) is 0 Å². The van der Waals surface area contributed by atoms with E-state index in [1.165, 1.54) is 0 Å². The molecule has 1 fully saturated rings. The number of likely N-dealkylation sites (tertiary alicyclic amines) is 1. The first-order chi connectivity index (χ1) is 12.0. The summed E-state index contributed by atoms with van der Waals surface area (Å²) in [5.41, 5.74) is 0. The second kappa shape index (κ2) is 7.25. The Kier molecular flexibility index (Phi) is 5.06. The first kappa shape index (κ1) is 17.4. The third kappa shape index (κ3) is 3.83. The normalized spacial score (nSPS) is 18.0. The van der Waals surface area contributed by atoms with Gasteiger partial charge in [-0.25, -0.2) is 9.78 Å². The number of piperidine rings is 1. The van der Waals surface area contributed by atoms with Gasteiger partial charge in [0.15, 0.2) is 5.82 Å². The highest BCUT2D eigenvalue weighted by Crippen LogP contribution is 2.26. The van der Waals surface area contributed by atoms with Crippen molar-refractivity contribution < 1.29 is 9.53 Å². The highest BCUT2D eigenvalue weighted by Gasteiger charge is 2.29. The Hall–Kier alpha value is -2.38. The Labute approximate surface area is 147 Å². The molecule has 0 saturated carbocycles. The molecule has 3 heterocycles. The molecule has 0 aromatic carbocycles. The van der Waals surface area contributed by atoms with Crippen LogP contribution in [0, 0.1) is 6.92 Å². The lowest BCUT2D eigenvalue weighted by Crippen LogP contribution is -2.40. The molecule has 136 valence electrons. The maximum atomic E-state index is 12.2. The molecular formula is C17H26N6O2. The van der Waals surface area contributed by atoms with Gasteiger partial charge in [0.05, 0.1) is 12.6 Å². The Bertz CT molecular complexity index is 735. The van der Waals surface area contributed by atoms with Crippen LogP contribution in [0.15, 0.2) is 12.4 Å². The highest BCUT2D eigenvalue weighted by molar-refractivity contribution is 5.68. The summed E-state index contributed by atoms with van der Waals surface area (Å²) in [6.45, 7) is 7.71. The molecule has 2 aromatic rings. The van der Waals surface area contributed by atoms with Gasteiger partial charge in [0, 0.05) is 38.4 Å². The molecule has 2 aromatic heterocycles. The number of nitrogens with zero attached hydrogens (tertiary/aromatic N) is 6. The zero-order chi connectivity index (χ0) is 18.0. The number of aryl methyl sites for hydroxylation is 1. The molecule has 1 saturated heterocycles. The number of aromatic nitrogens is 5. The molecule has 0 N–H and O–H groups in total. The minimum Gasteiger partial charge on any atom is -0.447 e. The molecule has 1 atom stereocenters. The van der Waals surface area contributed by atoms with Crippen LogP contribution in [0.4, 0.5) is 4.79 Å². The summed E-state index contributed by atoms with van der Waals surface area (Å²) >= 11 is 0. The molecule has 8 heteroatoms. The van der Waals surface area contributed by atoms with Gasteiger partial charge in [-0.05, 0) is 33.6 Å². The van der Waals surface area contributed by atoms with Gasteiger partial charge in [0.25, 0.3) is 0 Å². The lowest BCUT2D eigenvalue weighted by atomic mass is 9.97. The monoisotopic (exact) mass is 346 g/mol. The average Bonchev–Trinajstić information content (AvgIpc) is 3.14. The van der Waals surface area contributed by atoms with E-state index < -0.39 is 0 Å². The molecule has 25 heavy (non-hydrogen) atoms. The largest absolute Gasteiger partial charge is 0.447 e. The molecule has 0 bridgehead atoms. The van der Waals surface area contributed by atoms with Crippen LogP contribution in [0.3, 0.4) is 0 Å². The topological polar surface area (TPSA) is 78.1 Å². The maximum absolute atomic E-state index is 12.2. The summed E-state index contributed by atoms with van der Waals surface area (Å²) in [6, 6.07) is 0. The fourth-order valence-electron chi connectivity index (χ4n) is 3.22. The fraction of sp³-hybridized carbons (Fsp3) is 0.647. The number of amides is 1. The summed E-state index contributed by atoms with van der Waals surface area (Å²) in [5, 5.41) is 8.76. The van der Waals surface area contributed by atoms with Crippen molar-refractivity contribution in [2.45, 2.75) is 52.2 Å². The van der Waals surface area contributed by atoms with E-state index in [4.69, 9.17) is 4.74 Å². The highest BCUT2D eigenvalue weighted by atomic mass is 16.6. The second-order valence-electron chi connectivity index (χ2n) is 6.85. The number of rotatable bonds is 4. The van der Waals surface area contributed by atoms with Crippen LogP contribution < -0.4 is 0 Å². The minimum atomic E-state index is -0.240. The quantitative estimate of drug-likeness (QED) is 0.847. The molecule has 1 aliphatic rings. The van der Waals surface area contributed by atoms with Crippen LogP contribution in [0.25, 0.3) is 0 Å². The predicted molar refractivity (Wildman–Crippen MR) is 92.2 cm³/mol. The van der Waals surface area contributed by atoms with Gasteiger partial charge in [0.1, 0.15) is 11.6 Å². The summed E-state index contributed by atoms with van der Waals surface area (Å²) < 4.78 is 9.41. The van der Waals surface area contributed by atoms with Crippen molar-refractivity contribution in [1.82, 2.24) is 29.2 Å². The molecule has 3 rings (SSSR count). The van der Waals surface area contributed by atoms with E-state index in [2.05, 4.69) is 15.2 Å². The first-order valence-corrected chi connectivity index (χ1v) is 8.77. The van der Waals surface area contributed by atoms with Crippen molar-refractivity contribution in [2.24, 2.45) is 7.05 Å². The zero-order valence-corrected chi connectivity index (χ0v) is 15.3. The van der Waals surface area contributed by atoms with Gasteiger partial charge < -0.3 is 18.8 Å². The third-order valence-corrected chi connectivity index (χ3v) is 4.62. The number of carbonyl (C=O) groups is 1.